The van der Waals surface area contributed by atoms with Crippen molar-refractivity contribution in [1.82, 2.24) is 5.32 Å². The first-order valence-electron chi connectivity index (χ1n) is 6.85. The predicted molar refractivity (Wildman–Crippen MR) is 79.0 cm³/mol. The van der Waals surface area contributed by atoms with Crippen molar-refractivity contribution in [3.05, 3.63) is 28.2 Å². The summed E-state index contributed by atoms with van der Waals surface area (Å²) >= 11 is 3.56. The van der Waals surface area contributed by atoms with Crippen molar-refractivity contribution in [3.8, 4) is 5.75 Å². The molecule has 1 aliphatic carbocycles. The van der Waals surface area contributed by atoms with Crippen molar-refractivity contribution in [3.63, 3.8) is 0 Å². The molecule has 0 spiro atoms. The molecule has 1 saturated carbocycles. The maximum absolute atomic E-state index is 5.94. The number of nitrogens with one attached hydrogen (secondary N) is 1. The zero-order valence-corrected chi connectivity index (χ0v) is 12.6. The van der Waals surface area contributed by atoms with Gasteiger partial charge in [0.25, 0.3) is 0 Å². The van der Waals surface area contributed by atoms with E-state index in [0.717, 1.165) is 29.3 Å². The van der Waals surface area contributed by atoms with E-state index < -0.39 is 0 Å². The molecule has 0 bridgehead atoms. The lowest BCUT2D eigenvalue weighted by Crippen LogP contribution is -2.15. The van der Waals surface area contributed by atoms with Gasteiger partial charge in [0.05, 0.1) is 6.61 Å². The summed E-state index contributed by atoms with van der Waals surface area (Å²) in [5.74, 6) is 1.75. The monoisotopic (exact) mass is 311 g/mol. The minimum absolute atomic E-state index is 0.759. The molecule has 18 heavy (non-hydrogen) atoms. The van der Waals surface area contributed by atoms with Crippen molar-refractivity contribution in [1.29, 1.82) is 0 Å². The first-order valence-corrected chi connectivity index (χ1v) is 7.64. The van der Waals surface area contributed by atoms with E-state index in [1.807, 2.05) is 13.1 Å². The molecule has 2 rings (SSSR count). The number of benzene rings is 1. The fourth-order valence-electron chi connectivity index (χ4n) is 2.53. The van der Waals surface area contributed by atoms with Gasteiger partial charge in [0.1, 0.15) is 5.75 Å². The predicted octanol–water partition coefficient (Wildman–Crippen LogP) is 4.13. The second-order valence-electron chi connectivity index (χ2n) is 5.10. The van der Waals surface area contributed by atoms with Crippen molar-refractivity contribution in [2.24, 2.45) is 5.92 Å². The first kappa shape index (κ1) is 13.9. The topological polar surface area (TPSA) is 21.3 Å². The van der Waals surface area contributed by atoms with Gasteiger partial charge in [0, 0.05) is 11.0 Å². The van der Waals surface area contributed by atoms with Crippen LogP contribution in [0, 0.1) is 5.92 Å². The maximum atomic E-state index is 5.94. The molecule has 0 saturated heterocycles. The van der Waals surface area contributed by atoms with Crippen LogP contribution in [0.1, 0.15) is 37.7 Å². The van der Waals surface area contributed by atoms with Gasteiger partial charge >= 0.3 is 0 Å². The molecule has 0 heterocycles. The summed E-state index contributed by atoms with van der Waals surface area (Å²) in [5.41, 5.74) is 1.25. The van der Waals surface area contributed by atoms with Crippen molar-refractivity contribution < 1.29 is 4.74 Å². The Hall–Kier alpha value is -0.540. The van der Waals surface area contributed by atoms with Crippen molar-refractivity contribution in [2.75, 3.05) is 13.7 Å². The van der Waals surface area contributed by atoms with E-state index in [1.165, 1.54) is 37.7 Å². The Kier molecular flexibility index (Phi) is 5.51. The van der Waals surface area contributed by atoms with Crippen LogP contribution in [0.2, 0.25) is 0 Å². The summed E-state index contributed by atoms with van der Waals surface area (Å²) in [5, 5.41) is 3.17. The van der Waals surface area contributed by atoms with Gasteiger partial charge in [-0.05, 0) is 49.6 Å². The number of hydrogen-bond donors (Lipinski definition) is 1. The Morgan fingerprint density at radius 1 is 1.28 bits per heavy atom. The second kappa shape index (κ2) is 7.15. The Labute approximate surface area is 118 Å². The van der Waals surface area contributed by atoms with Crippen LogP contribution in [0.15, 0.2) is 22.7 Å². The van der Waals surface area contributed by atoms with Gasteiger partial charge in [-0.25, -0.2) is 0 Å². The minimum atomic E-state index is 0.759. The van der Waals surface area contributed by atoms with E-state index in [9.17, 15) is 0 Å². The highest BCUT2D eigenvalue weighted by molar-refractivity contribution is 9.10. The second-order valence-corrected chi connectivity index (χ2v) is 5.95. The fourth-order valence-corrected chi connectivity index (χ4v) is 2.92. The lowest BCUT2D eigenvalue weighted by molar-refractivity contribution is 0.208. The average Bonchev–Trinajstić information content (AvgIpc) is 2.41. The summed E-state index contributed by atoms with van der Waals surface area (Å²) in [6.07, 6.45) is 6.82. The number of rotatable bonds is 5. The molecule has 100 valence electrons. The third-order valence-electron chi connectivity index (χ3n) is 3.59. The summed E-state index contributed by atoms with van der Waals surface area (Å²) in [7, 11) is 1.96. The van der Waals surface area contributed by atoms with Gasteiger partial charge in [-0.1, -0.05) is 35.2 Å². The fraction of sp³-hybridized carbons (Fsp3) is 0.600. The van der Waals surface area contributed by atoms with Gasteiger partial charge in [-0.15, -0.1) is 0 Å². The van der Waals surface area contributed by atoms with Crippen LogP contribution in [0.4, 0.5) is 0 Å². The SMILES string of the molecule is CNCc1cc(OCC2CCCCC2)ccc1Br. The minimum Gasteiger partial charge on any atom is -0.493 e. The highest BCUT2D eigenvalue weighted by atomic mass is 79.9. The summed E-state index contributed by atoms with van der Waals surface area (Å²) in [6, 6.07) is 6.25. The van der Waals surface area contributed by atoms with Crippen LogP contribution in [-0.2, 0) is 6.54 Å². The summed E-state index contributed by atoms with van der Waals surface area (Å²) < 4.78 is 7.08. The molecule has 0 atom stereocenters. The van der Waals surface area contributed by atoms with Crippen LogP contribution in [0.25, 0.3) is 0 Å². The molecule has 1 aromatic carbocycles. The average molecular weight is 312 g/mol. The van der Waals surface area contributed by atoms with Gasteiger partial charge in [0.15, 0.2) is 0 Å². The molecule has 2 nitrogen and oxygen atoms in total. The normalized spacial score (nSPS) is 16.8. The first-order chi connectivity index (χ1) is 8.79. The zero-order chi connectivity index (χ0) is 12.8. The number of halogens is 1. The largest absolute Gasteiger partial charge is 0.493 e. The molecule has 1 N–H and O–H groups in total. The molecule has 0 aromatic heterocycles. The van der Waals surface area contributed by atoms with Crippen LogP contribution in [0.3, 0.4) is 0 Å². The highest BCUT2D eigenvalue weighted by Gasteiger charge is 2.14. The third-order valence-corrected chi connectivity index (χ3v) is 4.37. The molecule has 1 aromatic rings. The van der Waals surface area contributed by atoms with Gasteiger partial charge in [-0.2, -0.15) is 0 Å². The van der Waals surface area contributed by atoms with Gasteiger partial charge < -0.3 is 10.1 Å². The van der Waals surface area contributed by atoms with Crippen LogP contribution < -0.4 is 10.1 Å². The van der Waals surface area contributed by atoms with Gasteiger partial charge in [-0.3, -0.25) is 0 Å². The van der Waals surface area contributed by atoms with E-state index in [0.29, 0.717) is 0 Å². The Bertz CT molecular complexity index is 375. The molecular formula is C15H22BrNO. The Balaban J connectivity index is 1.90. The molecule has 0 unspecified atom stereocenters. The molecule has 0 aliphatic heterocycles. The smallest absolute Gasteiger partial charge is 0.119 e. The van der Waals surface area contributed by atoms with Crippen molar-refractivity contribution >= 4 is 15.9 Å². The quantitative estimate of drug-likeness (QED) is 0.883. The van der Waals surface area contributed by atoms with Crippen LogP contribution in [0.5, 0.6) is 5.75 Å². The molecule has 0 radical (unpaired) electrons. The number of hydrogen-bond acceptors (Lipinski definition) is 2. The van der Waals surface area contributed by atoms with E-state index in [2.05, 4.69) is 33.4 Å². The molecule has 0 amide bonds. The lowest BCUT2D eigenvalue weighted by atomic mass is 9.90. The zero-order valence-electron chi connectivity index (χ0n) is 11.0. The standard InChI is InChI=1S/C15H22BrNO/c1-17-10-13-9-14(7-8-15(13)16)18-11-12-5-3-2-4-6-12/h7-9,12,17H,2-6,10-11H2,1H3. The molecular weight excluding hydrogens is 290 g/mol. The number of ether oxygens (including phenoxy) is 1. The third kappa shape index (κ3) is 3.99. The van der Waals surface area contributed by atoms with Crippen LogP contribution in [-0.4, -0.2) is 13.7 Å². The molecule has 1 aliphatic rings. The summed E-state index contributed by atoms with van der Waals surface area (Å²) in [4.78, 5) is 0. The van der Waals surface area contributed by atoms with E-state index in [1.54, 1.807) is 0 Å². The Morgan fingerprint density at radius 2 is 2.06 bits per heavy atom. The highest BCUT2D eigenvalue weighted by Crippen LogP contribution is 2.26. The lowest BCUT2D eigenvalue weighted by Gasteiger charge is -2.21. The van der Waals surface area contributed by atoms with Gasteiger partial charge in [0.2, 0.25) is 0 Å². The Morgan fingerprint density at radius 3 is 2.78 bits per heavy atom. The summed E-state index contributed by atoms with van der Waals surface area (Å²) in [6.45, 7) is 1.74. The van der Waals surface area contributed by atoms with Crippen molar-refractivity contribution in [2.45, 2.75) is 38.6 Å². The van der Waals surface area contributed by atoms with E-state index in [-0.39, 0.29) is 0 Å². The van der Waals surface area contributed by atoms with Crippen LogP contribution >= 0.6 is 15.9 Å². The molecule has 1 fully saturated rings. The molecule has 3 heteroatoms. The van der Waals surface area contributed by atoms with E-state index in [4.69, 9.17) is 4.74 Å². The maximum Gasteiger partial charge on any atom is 0.119 e. The van der Waals surface area contributed by atoms with E-state index >= 15 is 0 Å².